The van der Waals surface area contributed by atoms with Crippen LogP contribution in [0.1, 0.15) is 58.8 Å². The van der Waals surface area contributed by atoms with E-state index in [0.717, 1.165) is 5.92 Å². The zero-order valence-electron chi connectivity index (χ0n) is 11.6. The van der Waals surface area contributed by atoms with E-state index in [4.69, 9.17) is 0 Å². The van der Waals surface area contributed by atoms with Crippen molar-refractivity contribution in [3.8, 4) is 0 Å². The molecular weight excluding hydrogens is 200 g/mol. The second-order valence-electron chi connectivity index (χ2n) is 5.89. The molecule has 0 nitrogen and oxygen atoms in total. The molecule has 0 spiro atoms. The highest BCUT2D eigenvalue weighted by Crippen LogP contribution is 2.36. The first-order valence-corrected chi connectivity index (χ1v) is 9.64. The van der Waals surface area contributed by atoms with Gasteiger partial charge in [0.25, 0.3) is 0 Å². The largest absolute Gasteiger partial charge is 0.250 e. The van der Waals surface area contributed by atoms with Crippen molar-refractivity contribution in [1.29, 1.82) is 0 Å². The first-order valence-electron chi connectivity index (χ1n) is 6.61. The Balaban J connectivity index is 3.30. The standard InChI is InChI=1S/C14H32S/c1-6-7-8-9-10-11-14(2)12-13-15(3,4)5/h14H,6-13H2,1-5H3. The summed E-state index contributed by atoms with van der Waals surface area (Å²) in [5.41, 5.74) is 0. The molecule has 0 aromatic rings. The molecule has 0 aliphatic carbocycles. The Labute approximate surface area is 99.5 Å². The van der Waals surface area contributed by atoms with E-state index in [9.17, 15) is 0 Å². The van der Waals surface area contributed by atoms with Crippen molar-refractivity contribution >= 4 is 10.0 Å². The van der Waals surface area contributed by atoms with Gasteiger partial charge in [-0.25, -0.2) is 10.0 Å². The van der Waals surface area contributed by atoms with Gasteiger partial charge in [-0.05, 0) is 36.9 Å². The minimum absolute atomic E-state index is 0.258. The van der Waals surface area contributed by atoms with Crippen molar-refractivity contribution in [2.24, 2.45) is 5.92 Å². The molecule has 0 aromatic heterocycles. The summed E-state index contributed by atoms with van der Waals surface area (Å²) in [7, 11) is -0.258. The molecule has 0 saturated carbocycles. The van der Waals surface area contributed by atoms with Crippen LogP contribution in [0.2, 0.25) is 0 Å². The van der Waals surface area contributed by atoms with Crippen LogP contribution in [0.4, 0.5) is 0 Å². The van der Waals surface area contributed by atoms with Gasteiger partial charge in [0, 0.05) is 0 Å². The summed E-state index contributed by atoms with van der Waals surface area (Å²) in [4.78, 5) is 0. The summed E-state index contributed by atoms with van der Waals surface area (Å²) in [5.74, 6) is 2.42. The Bertz CT molecular complexity index is 135. The first kappa shape index (κ1) is 15.3. The van der Waals surface area contributed by atoms with Gasteiger partial charge in [-0.2, -0.15) is 0 Å². The van der Waals surface area contributed by atoms with Crippen LogP contribution in [0.5, 0.6) is 0 Å². The number of hydrogen-bond donors (Lipinski definition) is 0. The van der Waals surface area contributed by atoms with E-state index in [1.54, 1.807) is 0 Å². The van der Waals surface area contributed by atoms with Gasteiger partial charge < -0.3 is 0 Å². The highest BCUT2D eigenvalue weighted by molar-refractivity contribution is 8.32. The monoisotopic (exact) mass is 232 g/mol. The minimum Gasteiger partial charge on any atom is -0.250 e. The molecule has 0 aliphatic heterocycles. The first-order chi connectivity index (χ1) is 6.95. The van der Waals surface area contributed by atoms with E-state index < -0.39 is 0 Å². The maximum atomic E-state index is 2.44. The van der Waals surface area contributed by atoms with Gasteiger partial charge in [-0.15, -0.1) is 0 Å². The summed E-state index contributed by atoms with van der Waals surface area (Å²) in [5, 5.41) is 0. The molecule has 1 heteroatoms. The third-order valence-electron chi connectivity index (χ3n) is 3.02. The van der Waals surface area contributed by atoms with Crippen LogP contribution in [-0.4, -0.2) is 24.5 Å². The van der Waals surface area contributed by atoms with E-state index in [-0.39, 0.29) is 10.0 Å². The average Bonchev–Trinajstić information content (AvgIpc) is 2.13. The molecule has 15 heavy (non-hydrogen) atoms. The quantitative estimate of drug-likeness (QED) is 0.487. The fourth-order valence-corrected chi connectivity index (χ4v) is 2.90. The lowest BCUT2D eigenvalue weighted by molar-refractivity contribution is 0.476. The predicted molar refractivity (Wildman–Crippen MR) is 77.4 cm³/mol. The summed E-state index contributed by atoms with van der Waals surface area (Å²) in [6.07, 6.45) is 17.4. The molecule has 0 saturated heterocycles. The molecule has 0 rings (SSSR count). The van der Waals surface area contributed by atoms with E-state index in [0.29, 0.717) is 0 Å². The molecule has 1 atom stereocenters. The molecular formula is C14H32S. The van der Waals surface area contributed by atoms with Crippen molar-refractivity contribution in [2.75, 3.05) is 24.5 Å². The number of unbranched alkanes of at least 4 members (excludes halogenated alkanes) is 4. The minimum atomic E-state index is -0.258. The van der Waals surface area contributed by atoms with E-state index >= 15 is 0 Å². The molecule has 0 amide bonds. The highest BCUT2D eigenvalue weighted by atomic mass is 32.3. The van der Waals surface area contributed by atoms with Gasteiger partial charge in [-0.3, -0.25) is 0 Å². The average molecular weight is 232 g/mol. The fraction of sp³-hybridized carbons (Fsp3) is 1.00. The Morgan fingerprint density at radius 3 is 2.00 bits per heavy atom. The maximum absolute atomic E-state index is 2.44. The van der Waals surface area contributed by atoms with Crippen molar-refractivity contribution in [1.82, 2.24) is 0 Å². The smallest absolute Gasteiger partial charge is 0.0233 e. The molecule has 0 aromatic carbocycles. The Kier molecular flexibility index (Phi) is 8.69. The summed E-state index contributed by atoms with van der Waals surface area (Å²) >= 11 is 0. The third-order valence-corrected chi connectivity index (χ3v) is 4.48. The molecule has 1 unspecified atom stereocenters. The number of hydrogen-bond acceptors (Lipinski definition) is 0. The molecule has 0 N–H and O–H groups in total. The van der Waals surface area contributed by atoms with E-state index in [1.807, 2.05) is 0 Å². The van der Waals surface area contributed by atoms with Gasteiger partial charge in [0.1, 0.15) is 0 Å². The second kappa shape index (κ2) is 8.50. The lowest BCUT2D eigenvalue weighted by Gasteiger charge is -2.26. The van der Waals surface area contributed by atoms with Crippen LogP contribution in [-0.2, 0) is 0 Å². The normalized spacial score (nSPS) is 15.3. The molecule has 0 fully saturated rings. The van der Waals surface area contributed by atoms with Crippen molar-refractivity contribution in [2.45, 2.75) is 58.8 Å². The van der Waals surface area contributed by atoms with Crippen LogP contribution < -0.4 is 0 Å². The SMILES string of the molecule is CCCCCCCC(C)CCS(C)(C)C. The lowest BCUT2D eigenvalue weighted by atomic mass is 10.00. The Morgan fingerprint density at radius 2 is 1.47 bits per heavy atom. The van der Waals surface area contributed by atoms with E-state index in [1.165, 1.54) is 50.7 Å². The lowest BCUT2D eigenvalue weighted by Crippen LogP contribution is -2.04. The Hall–Kier alpha value is 0.350. The summed E-state index contributed by atoms with van der Waals surface area (Å²) < 4.78 is 0. The second-order valence-corrected chi connectivity index (χ2v) is 10.5. The van der Waals surface area contributed by atoms with Crippen LogP contribution in [0.3, 0.4) is 0 Å². The Morgan fingerprint density at radius 1 is 0.867 bits per heavy atom. The van der Waals surface area contributed by atoms with E-state index in [2.05, 4.69) is 32.6 Å². The highest BCUT2D eigenvalue weighted by Gasteiger charge is 2.07. The van der Waals surface area contributed by atoms with Crippen LogP contribution in [0.25, 0.3) is 0 Å². The van der Waals surface area contributed by atoms with Crippen molar-refractivity contribution < 1.29 is 0 Å². The van der Waals surface area contributed by atoms with Gasteiger partial charge in [0.05, 0.1) is 0 Å². The van der Waals surface area contributed by atoms with Gasteiger partial charge in [0.2, 0.25) is 0 Å². The van der Waals surface area contributed by atoms with Gasteiger partial charge in [-0.1, -0.05) is 52.4 Å². The van der Waals surface area contributed by atoms with Gasteiger partial charge >= 0.3 is 0 Å². The molecule has 0 bridgehead atoms. The maximum Gasteiger partial charge on any atom is -0.0233 e. The molecule has 0 aliphatic rings. The van der Waals surface area contributed by atoms with Gasteiger partial charge in [0.15, 0.2) is 0 Å². The topological polar surface area (TPSA) is 0 Å². The summed E-state index contributed by atoms with van der Waals surface area (Å²) in [6.45, 7) is 4.72. The summed E-state index contributed by atoms with van der Waals surface area (Å²) in [6, 6.07) is 0. The van der Waals surface area contributed by atoms with Crippen LogP contribution >= 0.6 is 10.0 Å². The zero-order chi connectivity index (χ0) is 11.7. The van der Waals surface area contributed by atoms with Crippen LogP contribution in [0, 0.1) is 5.92 Å². The molecule has 94 valence electrons. The molecule has 0 heterocycles. The fourth-order valence-electron chi connectivity index (χ4n) is 1.80. The van der Waals surface area contributed by atoms with Crippen LogP contribution in [0.15, 0.2) is 0 Å². The molecule has 0 radical (unpaired) electrons. The van der Waals surface area contributed by atoms with Crippen molar-refractivity contribution in [3.05, 3.63) is 0 Å². The number of rotatable bonds is 9. The zero-order valence-corrected chi connectivity index (χ0v) is 12.5. The third kappa shape index (κ3) is 12.3. The predicted octanol–water partition coefficient (Wildman–Crippen LogP) is 5.07. The van der Waals surface area contributed by atoms with Crippen molar-refractivity contribution in [3.63, 3.8) is 0 Å².